The predicted octanol–water partition coefficient (Wildman–Crippen LogP) is 3.28. The van der Waals surface area contributed by atoms with Crippen LogP contribution < -0.4 is 4.90 Å². The largest absolute Gasteiger partial charge is 0.377 e. The van der Waals surface area contributed by atoms with E-state index in [1.165, 1.54) is 12.1 Å². The van der Waals surface area contributed by atoms with Gasteiger partial charge in [-0.1, -0.05) is 11.4 Å². The third-order valence-corrected chi connectivity index (χ3v) is 6.99. The monoisotopic (exact) mass is 468 g/mol. The van der Waals surface area contributed by atoms with E-state index >= 15 is 0 Å². The molecule has 1 unspecified atom stereocenters. The zero-order valence-electron chi connectivity index (χ0n) is 17.8. The molecule has 2 aliphatic heterocycles. The number of ether oxygens (including phenoxy) is 1. The smallest absolute Gasteiger partial charge is 0.175 e. The molecule has 12 heteroatoms. The number of aromatic nitrogens is 7. The van der Waals surface area contributed by atoms with E-state index in [1.54, 1.807) is 6.20 Å². The molecule has 33 heavy (non-hydrogen) atoms. The van der Waals surface area contributed by atoms with Crippen molar-refractivity contribution in [3.63, 3.8) is 0 Å². The molecule has 1 atom stereocenters. The van der Waals surface area contributed by atoms with Crippen molar-refractivity contribution in [1.82, 2.24) is 34.3 Å². The van der Waals surface area contributed by atoms with Crippen LogP contribution in [-0.2, 0) is 10.3 Å². The number of anilines is 1. The minimum Gasteiger partial charge on any atom is -0.377 e. The van der Waals surface area contributed by atoms with Gasteiger partial charge in [-0.25, -0.2) is 18.7 Å². The summed E-state index contributed by atoms with van der Waals surface area (Å²) in [6.07, 6.45) is 2.47. The molecule has 5 heterocycles. The fourth-order valence-corrected chi connectivity index (χ4v) is 5.23. The number of nitrogens with zero attached hydrogens (tertiary/aromatic N) is 8. The van der Waals surface area contributed by atoms with Crippen LogP contribution in [0, 0.1) is 18.6 Å². The second-order valence-electron chi connectivity index (χ2n) is 7.97. The molecule has 6 rings (SSSR count). The molecule has 2 aliphatic rings. The summed E-state index contributed by atoms with van der Waals surface area (Å²) in [5.41, 5.74) is 0.691. The SMILES string of the molecule is CCC12COCCN1c1nc(-c3snnc3-c3ccc(F)cc3F)ncc1-n1c(C)nnc12. The number of halogens is 2. The molecule has 1 aromatic carbocycles. The first-order valence-corrected chi connectivity index (χ1v) is 11.2. The lowest BCUT2D eigenvalue weighted by atomic mass is 9.90. The van der Waals surface area contributed by atoms with Crippen molar-refractivity contribution in [2.24, 2.45) is 0 Å². The van der Waals surface area contributed by atoms with Crippen LogP contribution in [0.3, 0.4) is 0 Å². The van der Waals surface area contributed by atoms with E-state index in [0.717, 1.165) is 47.2 Å². The molecule has 0 bridgehead atoms. The summed E-state index contributed by atoms with van der Waals surface area (Å²) in [6, 6.07) is 3.36. The third-order valence-electron chi connectivity index (χ3n) is 6.27. The zero-order valence-corrected chi connectivity index (χ0v) is 18.6. The summed E-state index contributed by atoms with van der Waals surface area (Å²) in [4.78, 5) is 12.2. The Bertz CT molecular complexity index is 1390. The Kier molecular flexibility index (Phi) is 4.49. The van der Waals surface area contributed by atoms with Gasteiger partial charge in [0.05, 0.1) is 19.4 Å². The van der Waals surface area contributed by atoms with Crippen molar-refractivity contribution >= 4 is 17.4 Å². The van der Waals surface area contributed by atoms with Crippen LogP contribution in [0.4, 0.5) is 14.6 Å². The van der Waals surface area contributed by atoms with E-state index in [2.05, 4.69) is 36.6 Å². The second kappa shape index (κ2) is 7.32. The number of rotatable bonds is 3. The quantitative estimate of drug-likeness (QED) is 0.452. The molecule has 1 saturated heterocycles. The Morgan fingerprint density at radius 2 is 2.09 bits per heavy atom. The fourth-order valence-electron chi connectivity index (χ4n) is 4.61. The summed E-state index contributed by atoms with van der Waals surface area (Å²) >= 11 is 1.06. The number of fused-ring (bicyclic) bond motifs is 6. The Morgan fingerprint density at radius 1 is 1.21 bits per heavy atom. The van der Waals surface area contributed by atoms with Crippen molar-refractivity contribution in [2.45, 2.75) is 25.8 Å². The van der Waals surface area contributed by atoms with Crippen molar-refractivity contribution in [3.8, 4) is 27.6 Å². The highest BCUT2D eigenvalue weighted by molar-refractivity contribution is 7.09. The standard InChI is InChI=1S/C21H18F2N8OS/c1-3-21-10-32-7-6-30(21)19-15(31-11(2)26-28-20(21)31)9-24-18(25-19)17-16(27-29-33-17)13-5-4-12(22)8-14(13)23/h4-5,8-9H,3,6-7,10H2,1-2H3. The van der Waals surface area contributed by atoms with Gasteiger partial charge in [-0.15, -0.1) is 15.3 Å². The normalized spacial score (nSPS) is 19.2. The van der Waals surface area contributed by atoms with Gasteiger partial charge in [-0.2, -0.15) is 0 Å². The van der Waals surface area contributed by atoms with E-state index in [1.807, 2.05) is 11.5 Å². The Hall–Kier alpha value is -3.38. The van der Waals surface area contributed by atoms with Crippen LogP contribution in [0.2, 0.25) is 0 Å². The molecule has 0 spiro atoms. The molecule has 0 aliphatic carbocycles. The van der Waals surface area contributed by atoms with Crippen molar-refractivity contribution in [1.29, 1.82) is 0 Å². The van der Waals surface area contributed by atoms with Crippen molar-refractivity contribution in [2.75, 3.05) is 24.7 Å². The van der Waals surface area contributed by atoms with E-state index in [0.29, 0.717) is 30.5 Å². The van der Waals surface area contributed by atoms with Gasteiger partial charge in [-0.05, 0) is 37.0 Å². The van der Waals surface area contributed by atoms with E-state index < -0.39 is 17.2 Å². The highest BCUT2D eigenvalue weighted by Crippen LogP contribution is 2.45. The maximum atomic E-state index is 14.5. The highest BCUT2D eigenvalue weighted by atomic mass is 32.1. The van der Waals surface area contributed by atoms with E-state index in [-0.39, 0.29) is 11.3 Å². The van der Waals surface area contributed by atoms with E-state index in [4.69, 9.17) is 9.72 Å². The zero-order chi connectivity index (χ0) is 22.7. The molecule has 168 valence electrons. The molecule has 1 fully saturated rings. The van der Waals surface area contributed by atoms with Gasteiger partial charge in [-0.3, -0.25) is 4.57 Å². The summed E-state index contributed by atoms with van der Waals surface area (Å²) in [7, 11) is 0. The van der Waals surface area contributed by atoms with Gasteiger partial charge < -0.3 is 9.64 Å². The maximum absolute atomic E-state index is 14.5. The Morgan fingerprint density at radius 3 is 2.91 bits per heavy atom. The molecule has 3 aromatic heterocycles. The molecular weight excluding hydrogens is 450 g/mol. The molecule has 4 aromatic rings. The molecule has 9 nitrogen and oxygen atoms in total. The predicted molar refractivity (Wildman–Crippen MR) is 116 cm³/mol. The van der Waals surface area contributed by atoms with Crippen LogP contribution in [0.25, 0.3) is 27.6 Å². The summed E-state index contributed by atoms with van der Waals surface area (Å²) in [5.74, 6) is 1.25. The van der Waals surface area contributed by atoms with Gasteiger partial charge in [0.2, 0.25) is 0 Å². The lowest BCUT2D eigenvalue weighted by molar-refractivity contribution is 0.0390. The van der Waals surface area contributed by atoms with Gasteiger partial charge in [0.25, 0.3) is 0 Å². The third kappa shape index (κ3) is 2.83. The van der Waals surface area contributed by atoms with Gasteiger partial charge in [0.1, 0.15) is 39.3 Å². The van der Waals surface area contributed by atoms with Crippen LogP contribution in [-0.4, -0.2) is 54.1 Å². The van der Waals surface area contributed by atoms with Gasteiger partial charge in [0.15, 0.2) is 17.5 Å². The summed E-state index contributed by atoms with van der Waals surface area (Å²) in [6.45, 7) is 5.63. The average Bonchev–Trinajstić information content (AvgIpc) is 3.46. The topological polar surface area (TPSA) is 94.7 Å². The Labute approximate surface area is 191 Å². The maximum Gasteiger partial charge on any atom is 0.175 e. The molecule has 0 amide bonds. The highest BCUT2D eigenvalue weighted by Gasteiger charge is 2.49. The fraction of sp³-hybridized carbons (Fsp3) is 0.333. The number of benzene rings is 1. The molecular formula is C21H18F2N8OS. The molecule has 0 radical (unpaired) electrons. The number of hydrogen-bond donors (Lipinski definition) is 0. The van der Waals surface area contributed by atoms with Crippen LogP contribution in [0.15, 0.2) is 24.4 Å². The van der Waals surface area contributed by atoms with Crippen molar-refractivity contribution in [3.05, 3.63) is 47.7 Å². The minimum atomic E-state index is -0.718. The number of morpholine rings is 1. The number of hydrogen-bond acceptors (Lipinski definition) is 9. The van der Waals surface area contributed by atoms with Crippen LogP contribution >= 0.6 is 11.5 Å². The van der Waals surface area contributed by atoms with Crippen molar-refractivity contribution < 1.29 is 13.5 Å². The van der Waals surface area contributed by atoms with Crippen LogP contribution in [0.5, 0.6) is 0 Å². The summed E-state index contributed by atoms with van der Waals surface area (Å²) in [5, 5.41) is 12.9. The van der Waals surface area contributed by atoms with Crippen LogP contribution in [0.1, 0.15) is 25.0 Å². The first-order chi connectivity index (χ1) is 16.0. The second-order valence-corrected chi connectivity index (χ2v) is 8.73. The first-order valence-electron chi connectivity index (χ1n) is 10.5. The lowest BCUT2D eigenvalue weighted by Gasteiger charge is -2.49. The van der Waals surface area contributed by atoms with Gasteiger partial charge >= 0.3 is 0 Å². The number of aryl methyl sites for hydroxylation is 1. The lowest BCUT2D eigenvalue weighted by Crippen LogP contribution is -2.58. The molecule has 0 saturated carbocycles. The average molecular weight is 468 g/mol. The minimum absolute atomic E-state index is 0.146. The first kappa shape index (κ1) is 20.2. The summed E-state index contributed by atoms with van der Waals surface area (Å²) < 4.78 is 39.7. The van der Waals surface area contributed by atoms with Gasteiger partial charge in [0, 0.05) is 18.2 Å². The Balaban J connectivity index is 1.54. The van der Waals surface area contributed by atoms with E-state index in [9.17, 15) is 8.78 Å². The molecule has 0 N–H and O–H groups in total.